The number of sulfonamides is 1. The Morgan fingerprint density at radius 2 is 1.54 bits per heavy atom. The zero-order chi connectivity index (χ0) is 26.6. The Kier molecular flexibility index (Phi) is 7.54. The Morgan fingerprint density at radius 1 is 0.892 bits per heavy atom. The van der Waals surface area contributed by atoms with Crippen LogP contribution in [0, 0.1) is 13.8 Å². The van der Waals surface area contributed by atoms with Crippen LogP contribution in [0.3, 0.4) is 0 Å². The minimum Gasteiger partial charge on any atom is -0.337 e. The fourth-order valence-corrected chi connectivity index (χ4v) is 5.06. The number of aromatic nitrogens is 2. The lowest BCUT2D eigenvalue weighted by Crippen LogP contribution is -2.40. The minimum atomic E-state index is -4.04. The predicted octanol–water partition coefficient (Wildman–Crippen LogP) is 4.59. The molecule has 0 saturated carbocycles. The summed E-state index contributed by atoms with van der Waals surface area (Å²) in [6, 6.07) is 22.6. The maximum absolute atomic E-state index is 12.4. The molecule has 0 atom stereocenters. The number of carbonyl (C=O) groups excluding carboxylic acids is 2. The van der Waals surface area contributed by atoms with Crippen molar-refractivity contribution in [3.8, 4) is 16.8 Å². The van der Waals surface area contributed by atoms with E-state index in [1.54, 1.807) is 0 Å². The third-order valence-electron chi connectivity index (χ3n) is 6.03. The molecular weight excluding hydrogens is 488 g/mol. The number of Topliss-reactive ketones (excluding diaryl/α,β-unsaturated/α-hetero) is 1. The van der Waals surface area contributed by atoms with Crippen molar-refractivity contribution in [2.45, 2.75) is 32.1 Å². The number of carbonyl (C=O) groups is 2. The van der Waals surface area contributed by atoms with Crippen LogP contribution in [0.25, 0.3) is 16.8 Å². The number of rotatable bonds is 8. The van der Waals surface area contributed by atoms with Crippen LogP contribution < -0.4 is 10.0 Å². The molecule has 0 radical (unpaired) electrons. The van der Waals surface area contributed by atoms with Crippen LogP contribution >= 0.6 is 0 Å². The van der Waals surface area contributed by atoms with E-state index >= 15 is 0 Å². The zero-order valence-corrected chi connectivity index (χ0v) is 21.7. The fraction of sp³-hybridized carbons (Fsp3) is 0.179. The molecule has 0 aliphatic rings. The molecule has 2 N–H and O–H groups in total. The van der Waals surface area contributed by atoms with Crippen LogP contribution in [-0.4, -0.2) is 36.6 Å². The molecular formula is C28H28N4O4S. The van der Waals surface area contributed by atoms with E-state index < -0.39 is 16.1 Å². The van der Waals surface area contributed by atoms with Crippen molar-refractivity contribution in [1.82, 2.24) is 19.8 Å². The smallest absolute Gasteiger partial charge is 0.328 e. The fourth-order valence-electron chi connectivity index (χ4n) is 4.13. The molecule has 4 aromatic rings. The summed E-state index contributed by atoms with van der Waals surface area (Å²) in [5.74, 6) is -0.172. The van der Waals surface area contributed by atoms with E-state index in [0.717, 1.165) is 33.8 Å². The van der Waals surface area contributed by atoms with Gasteiger partial charge in [-0.3, -0.25) is 4.79 Å². The molecule has 0 saturated heterocycles. The van der Waals surface area contributed by atoms with E-state index in [1.807, 2.05) is 65.7 Å². The SMILES string of the molecule is CC(=O)c1ccc(S(=O)(=O)NC(=O)NCCc2ccc(-n3nc(C)c(-c4ccccc4)c3C)cc2)cc1. The molecule has 190 valence electrons. The minimum absolute atomic E-state index is 0.0946. The molecule has 1 aromatic heterocycles. The molecule has 0 spiro atoms. The second-order valence-electron chi connectivity index (χ2n) is 8.68. The van der Waals surface area contributed by atoms with Crippen molar-refractivity contribution in [2.24, 2.45) is 0 Å². The standard InChI is InChI=1S/C28H28N4O4S/c1-19-27(24-7-5-4-6-8-24)20(2)32(30-19)25-13-9-22(10-14-25)17-18-29-28(34)31-37(35,36)26-15-11-23(12-16-26)21(3)33/h4-16H,17-18H2,1-3H3,(H2,29,31,34). The van der Waals surface area contributed by atoms with Gasteiger partial charge >= 0.3 is 6.03 Å². The lowest BCUT2D eigenvalue weighted by molar-refractivity contribution is 0.101. The van der Waals surface area contributed by atoms with Gasteiger partial charge in [0.25, 0.3) is 10.0 Å². The third-order valence-corrected chi connectivity index (χ3v) is 7.38. The van der Waals surface area contributed by atoms with Crippen LogP contribution in [0.15, 0.2) is 83.8 Å². The number of hydrogen-bond acceptors (Lipinski definition) is 5. The Hall–Kier alpha value is -4.24. The highest BCUT2D eigenvalue weighted by Crippen LogP contribution is 2.28. The predicted molar refractivity (Wildman–Crippen MR) is 142 cm³/mol. The van der Waals surface area contributed by atoms with E-state index in [1.165, 1.54) is 31.2 Å². The second-order valence-corrected chi connectivity index (χ2v) is 10.4. The maximum Gasteiger partial charge on any atom is 0.328 e. The number of urea groups is 1. The van der Waals surface area contributed by atoms with E-state index in [-0.39, 0.29) is 17.2 Å². The molecule has 0 aliphatic carbocycles. The van der Waals surface area contributed by atoms with Gasteiger partial charge in [-0.25, -0.2) is 22.6 Å². The molecule has 0 fully saturated rings. The monoisotopic (exact) mass is 516 g/mol. The van der Waals surface area contributed by atoms with Crippen molar-refractivity contribution < 1.29 is 18.0 Å². The second kappa shape index (κ2) is 10.8. The lowest BCUT2D eigenvalue weighted by Gasteiger charge is -2.10. The summed E-state index contributed by atoms with van der Waals surface area (Å²) in [5, 5.41) is 7.29. The van der Waals surface area contributed by atoms with Gasteiger partial charge in [0.2, 0.25) is 0 Å². The molecule has 0 bridgehead atoms. The van der Waals surface area contributed by atoms with Crippen LogP contribution in [0.1, 0.15) is 34.2 Å². The van der Waals surface area contributed by atoms with E-state index in [9.17, 15) is 18.0 Å². The van der Waals surface area contributed by atoms with Crippen molar-refractivity contribution in [1.29, 1.82) is 0 Å². The normalized spacial score (nSPS) is 11.2. The molecule has 4 rings (SSSR count). The first-order valence-electron chi connectivity index (χ1n) is 11.8. The molecule has 2 amide bonds. The van der Waals surface area contributed by atoms with Crippen LogP contribution in [0.4, 0.5) is 4.79 Å². The Morgan fingerprint density at radius 3 is 2.16 bits per heavy atom. The van der Waals surface area contributed by atoms with Gasteiger partial charge in [-0.15, -0.1) is 0 Å². The van der Waals surface area contributed by atoms with E-state index in [0.29, 0.717) is 12.0 Å². The van der Waals surface area contributed by atoms with Crippen molar-refractivity contribution in [2.75, 3.05) is 6.54 Å². The van der Waals surface area contributed by atoms with Crippen LogP contribution in [-0.2, 0) is 16.4 Å². The van der Waals surface area contributed by atoms with Gasteiger partial charge in [0.05, 0.1) is 16.3 Å². The highest BCUT2D eigenvalue weighted by molar-refractivity contribution is 7.90. The number of ketones is 1. The molecule has 37 heavy (non-hydrogen) atoms. The highest BCUT2D eigenvalue weighted by atomic mass is 32.2. The number of hydrogen-bond donors (Lipinski definition) is 2. The average molecular weight is 517 g/mol. The van der Waals surface area contributed by atoms with E-state index in [2.05, 4.69) is 17.4 Å². The van der Waals surface area contributed by atoms with E-state index in [4.69, 9.17) is 5.10 Å². The van der Waals surface area contributed by atoms with Gasteiger partial charge in [-0.2, -0.15) is 5.10 Å². The van der Waals surface area contributed by atoms with Crippen LogP contribution in [0.5, 0.6) is 0 Å². The number of amides is 2. The van der Waals surface area contributed by atoms with Gasteiger partial charge in [0.1, 0.15) is 0 Å². The third kappa shape index (κ3) is 5.95. The lowest BCUT2D eigenvalue weighted by atomic mass is 10.0. The largest absolute Gasteiger partial charge is 0.337 e. The summed E-state index contributed by atoms with van der Waals surface area (Å²) < 4.78 is 28.7. The summed E-state index contributed by atoms with van der Waals surface area (Å²) in [7, 11) is -4.04. The first kappa shape index (κ1) is 25.8. The topological polar surface area (TPSA) is 110 Å². The zero-order valence-electron chi connectivity index (χ0n) is 20.9. The highest BCUT2D eigenvalue weighted by Gasteiger charge is 2.18. The first-order chi connectivity index (χ1) is 17.7. The molecule has 0 aliphatic heterocycles. The molecule has 9 heteroatoms. The number of aryl methyl sites for hydroxylation is 1. The summed E-state index contributed by atoms with van der Waals surface area (Å²) >= 11 is 0. The van der Waals surface area contributed by atoms with Crippen molar-refractivity contribution in [3.05, 3.63) is 101 Å². The van der Waals surface area contributed by atoms with Gasteiger partial charge in [0, 0.05) is 23.4 Å². The van der Waals surface area contributed by atoms with Gasteiger partial charge in [-0.05, 0) is 62.6 Å². The molecule has 0 unspecified atom stereocenters. The molecule has 3 aromatic carbocycles. The summed E-state index contributed by atoms with van der Waals surface area (Å²) in [6.07, 6.45) is 0.521. The molecule has 8 nitrogen and oxygen atoms in total. The van der Waals surface area contributed by atoms with Crippen LogP contribution in [0.2, 0.25) is 0 Å². The Labute approximate surface area is 216 Å². The number of benzene rings is 3. The summed E-state index contributed by atoms with van der Waals surface area (Å²) in [4.78, 5) is 23.4. The van der Waals surface area contributed by atoms with Gasteiger partial charge in [0.15, 0.2) is 5.78 Å². The number of nitrogens with zero attached hydrogens (tertiary/aromatic N) is 2. The first-order valence-corrected chi connectivity index (χ1v) is 13.3. The van der Waals surface area contributed by atoms with Gasteiger partial charge < -0.3 is 5.32 Å². The Balaban J connectivity index is 1.34. The van der Waals surface area contributed by atoms with Crippen molar-refractivity contribution in [3.63, 3.8) is 0 Å². The average Bonchev–Trinajstić information content (AvgIpc) is 3.18. The maximum atomic E-state index is 12.4. The summed E-state index contributed by atoms with van der Waals surface area (Å²) in [6.45, 7) is 5.69. The summed E-state index contributed by atoms with van der Waals surface area (Å²) in [5.41, 5.74) is 6.55. The molecule has 1 heterocycles. The number of nitrogens with one attached hydrogen (secondary N) is 2. The Bertz CT molecular complexity index is 1530. The van der Waals surface area contributed by atoms with Gasteiger partial charge in [-0.1, -0.05) is 54.6 Å². The quantitative estimate of drug-likeness (QED) is 0.333. The van der Waals surface area contributed by atoms with Crippen molar-refractivity contribution >= 4 is 21.8 Å².